The zero-order valence-corrected chi connectivity index (χ0v) is 6.66. The minimum absolute atomic E-state index is 0. The minimum atomic E-state index is 0. The van der Waals surface area contributed by atoms with Crippen LogP contribution in [0, 0.1) is 0 Å². The third kappa shape index (κ3) is 2.52. The lowest BCUT2D eigenvalue weighted by atomic mass is 10.1. The Morgan fingerprint density at radius 2 is 2.11 bits per heavy atom. The van der Waals surface area contributed by atoms with Gasteiger partial charge >= 0.3 is 0 Å². The number of piperidine rings is 1. The number of hydrogen-bond donors (Lipinski definition) is 1. The lowest BCUT2D eigenvalue weighted by Crippen LogP contribution is -2.42. The van der Waals surface area contributed by atoms with E-state index in [0.29, 0.717) is 6.17 Å². The van der Waals surface area contributed by atoms with E-state index in [-0.39, 0.29) is 12.4 Å². The van der Waals surface area contributed by atoms with Crippen molar-refractivity contribution in [1.82, 2.24) is 4.90 Å². The molecule has 2 N–H and O–H groups in total. The summed E-state index contributed by atoms with van der Waals surface area (Å²) in [5.41, 5.74) is 5.70. The Hall–Kier alpha value is 0.210. The van der Waals surface area contributed by atoms with Crippen LogP contribution in [0.4, 0.5) is 0 Å². The van der Waals surface area contributed by atoms with Gasteiger partial charge in [-0.15, -0.1) is 12.4 Å². The van der Waals surface area contributed by atoms with E-state index in [4.69, 9.17) is 5.73 Å². The largest absolute Gasteiger partial charge is 0.316 e. The van der Waals surface area contributed by atoms with Crippen LogP contribution in [-0.4, -0.2) is 24.7 Å². The SMILES string of the molecule is CN1CCCCC1N.Cl. The van der Waals surface area contributed by atoms with Gasteiger partial charge in [0.2, 0.25) is 0 Å². The van der Waals surface area contributed by atoms with E-state index in [9.17, 15) is 0 Å². The normalized spacial score (nSPS) is 29.3. The zero-order valence-electron chi connectivity index (χ0n) is 5.84. The van der Waals surface area contributed by atoms with Crippen LogP contribution in [0.1, 0.15) is 19.3 Å². The van der Waals surface area contributed by atoms with Gasteiger partial charge in [-0.2, -0.15) is 0 Å². The fourth-order valence-corrected chi connectivity index (χ4v) is 1.10. The van der Waals surface area contributed by atoms with Gasteiger partial charge in [0.1, 0.15) is 0 Å². The molecule has 1 aliphatic rings. The first kappa shape index (κ1) is 9.21. The van der Waals surface area contributed by atoms with E-state index in [0.717, 1.165) is 0 Å². The smallest absolute Gasteiger partial charge is 0.0569 e. The number of likely N-dealkylation sites (tertiary alicyclic amines) is 1. The number of nitrogens with zero attached hydrogens (tertiary/aromatic N) is 1. The van der Waals surface area contributed by atoms with E-state index in [1.54, 1.807) is 0 Å². The molecule has 2 nitrogen and oxygen atoms in total. The van der Waals surface area contributed by atoms with Crippen molar-refractivity contribution in [3.63, 3.8) is 0 Å². The van der Waals surface area contributed by atoms with Gasteiger partial charge in [0.05, 0.1) is 6.17 Å². The van der Waals surface area contributed by atoms with E-state index in [1.165, 1.54) is 25.8 Å². The van der Waals surface area contributed by atoms with Crippen molar-refractivity contribution in [1.29, 1.82) is 0 Å². The average molecular weight is 151 g/mol. The summed E-state index contributed by atoms with van der Waals surface area (Å²) in [6.07, 6.45) is 4.15. The molecule has 3 heteroatoms. The Balaban J connectivity index is 0.000000640. The summed E-state index contributed by atoms with van der Waals surface area (Å²) >= 11 is 0. The van der Waals surface area contributed by atoms with Crippen LogP contribution in [0.25, 0.3) is 0 Å². The van der Waals surface area contributed by atoms with Crippen molar-refractivity contribution in [3.05, 3.63) is 0 Å². The number of halogens is 1. The van der Waals surface area contributed by atoms with Gasteiger partial charge < -0.3 is 5.73 Å². The fraction of sp³-hybridized carbons (Fsp3) is 1.00. The van der Waals surface area contributed by atoms with Crippen LogP contribution in [0.15, 0.2) is 0 Å². The highest BCUT2D eigenvalue weighted by Gasteiger charge is 2.12. The van der Waals surface area contributed by atoms with Crippen molar-refractivity contribution in [2.75, 3.05) is 13.6 Å². The molecule has 9 heavy (non-hydrogen) atoms. The topological polar surface area (TPSA) is 29.3 Å². The molecular weight excluding hydrogens is 136 g/mol. The quantitative estimate of drug-likeness (QED) is 0.554. The minimum Gasteiger partial charge on any atom is -0.316 e. The van der Waals surface area contributed by atoms with E-state index >= 15 is 0 Å². The molecule has 0 saturated carbocycles. The van der Waals surface area contributed by atoms with Gasteiger partial charge in [-0.1, -0.05) is 0 Å². The standard InChI is InChI=1S/C6H14N2.ClH/c1-8-5-3-2-4-6(8)7;/h6H,2-5,7H2,1H3;1H. The summed E-state index contributed by atoms with van der Waals surface area (Å²) in [6.45, 7) is 1.18. The molecule has 0 spiro atoms. The lowest BCUT2D eigenvalue weighted by molar-refractivity contribution is 0.190. The summed E-state index contributed by atoms with van der Waals surface area (Å²) in [7, 11) is 2.09. The Morgan fingerprint density at radius 3 is 2.44 bits per heavy atom. The lowest BCUT2D eigenvalue weighted by Gasteiger charge is -2.28. The van der Waals surface area contributed by atoms with Crippen LogP contribution in [0.5, 0.6) is 0 Å². The first-order valence-electron chi connectivity index (χ1n) is 3.26. The number of rotatable bonds is 0. The Morgan fingerprint density at radius 1 is 1.44 bits per heavy atom. The zero-order chi connectivity index (χ0) is 5.98. The Labute approximate surface area is 62.8 Å². The summed E-state index contributed by atoms with van der Waals surface area (Å²) < 4.78 is 0. The second-order valence-electron chi connectivity index (χ2n) is 2.54. The molecule has 0 aliphatic carbocycles. The maximum absolute atomic E-state index is 5.70. The Bertz CT molecular complexity index is 67.5. The predicted molar refractivity (Wildman–Crippen MR) is 41.7 cm³/mol. The molecule has 56 valence electrons. The van der Waals surface area contributed by atoms with E-state index in [1.807, 2.05) is 0 Å². The van der Waals surface area contributed by atoms with Crippen LogP contribution < -0.4 is 5.73 Å². The highest BCUT2D eigenvalue weighted by molar-refractivity contribution is 5.85. The third-order valence-corrected chi connectivity index (χ3v) is 1.83. The molecule has 1 fully saturated rings. The van der Waals surface area contributed by atoms with Crippen LogP contribution in [0.3, 0.4) is 0 Å². The summed E-state index contributed by atoms with van der Waals surface area (Å²) in [5, 5.41) is 0. The molecule has 1 rings (SSSR count). The van der Waals surface area contributed by atoms with Gasteiger partial charge in [-0.25, -0.2) is 0 Å². The number of nitrogens with two attached hydrogens (primary N) is 1. The van der Waals surface area contributed by atoms with Crippen molar-refractivity contribution < 1.29 is 0 Å². The van der Waals surface area contributed by atoms with Crippen molar-refractivity contribution >= 4 is 12.4 Å². The van der Waals surface area contributed by atoms with Gasteiger partial charge in [-0.05, 0) is 32.9 Å². The fourth-order valence-electron chi connectivity index (χ4n) is 1.10. The first-order chi connectivity index (χ1) is 3.80. The molecule has 0 aromatic heterocycles. The van der Waals surface area contributed by atoms with Gasteiger partial charge in [0.15, 0.2) is 0 Å². The molecular formula is C6H15ClN2. The van der Waals surface area contributed by atoms with Crippen LogP contribution in [-0.2, 0) is 0 Å². The monoisotopic (exact) mass is 150 g/mol. The highest BCUT2D eigenvalue weighted by Crippen LogP contribution is 2.09. The van der Waals surface area contributed by atoms with Crippen LogP contribution >= 0.6 is 12.4 Å². The van der Waals surface area contributed by atoms with Crippen molar-refractivity contribution in [3.8, 4) is 0 Å². The van der Waals surface area contributed by atoms with Gasteiger partial charge in [0, 0.05) is 0 Å². The molecule has 0 amide bonds. The van der Waals surface area contributed by atoms with Crippen molar-refractivity contribution in [2.24, 2.45) is 5.73 Å². The predicted octanol–water partition coefficient (Wildman–Crippen LogP) is 0.809. The molecule has 1 saturated heterocycles. The molecule has 1 heterocycles. The van der Waals surface area contributed by atoms with Crippen LogP contribution in [0.2, 0.25) is 0 Å². The highest BCUT2D eigenvalue weighted by atomic mass is 35.5. The summed E-state index contributed by atoms with van der Waals surface area (Å²) in [6, 6.07) is 0. The van der Waals surface area contributed by atoms with Gasteiger partial charge in [0.25, 0.3) is 0 Å². The average Bonchev–Trinajstić information content (AvgIpc) is 1.77. The van der Waals surface area contributed by atoms with Crippen molar-refractivity contribution in [2.45, 2.75) is 25.4 Å². The maximum Gasteiger partial charge on any atom is 0.0569 e. The Kier molecular flexibility index (Phi) is 4.19. The molecule has 0 aromatic rings. The second kappa shape index (κ2) is 4.09. The number of hydrogen-bond acceptors (Lipinski definition) is 2. The van der Waals surface area contributed by atoms with E-state index in [2.05, 4.69) is 11.9 Å². The first-order valence-corrected chi connectivity index (χ1v) is 3.26. The molecule has 1 atom stereocenters. The molecule has 0 aromatic carbocycles. The molecule has 1 unspecified atom stereocenters. The molecule has 1 aliphatic heterocycles. The summed E-state index contributed by atoms with van der Waals surface area (Å²) in [4.78, 5) is 2.21. The maximum atomic E-state index is 5.70. The molecule has 0 bridgehead atoms. The van der Waals surface area contributed by atoms with E-state index < -0.39 is 0 Å². The summed E-state index contributed by atoms with van der Waals surface area (Å²) in [5.74, 6) is 0. The second-order valence-corrected chi connectivity index (χ2v) is 2.54. The van der Waals surface area contributed by atoms with Gasteiger partial charge in [-0.3, -0.25) is 4.90 Å². The third-order valence-electron chi connectivity index (χ3n) is 1.83. The molecule has 0 radical (unpaired) electrons.